The van der Waals surface area contributed by atoms with E-state index in [0.29, 0.717) is 23.2 Å². The molecule has 18 rings (SSSR count). The van der Waals surface area contributed by atoms with E-state index < -0.39 is 0 Å². The van der Waals surface area contributed by atoms with E-state index >= 15 is 0 Å². The Morgan fingerprint density at radius 2 is 0.790 bits per heavy atom. The van der Waals surface area contributed by atoms with Crippen molar-refractivity contribution in [2.24, 2.45) is 0 Å². The maximum atomic E-state index is 6.62. The Labute approximate surface area is 349 Å². The van der Waals surface area contributed by atoms with Crippen LogP contribution < -0.4 is 0 Å². The average Bonchev–Trinajstić information content (AvgIpc) is 4.13. The van der Waals surface area contributed by atoms with Crippen LogP contribution in [0.4, 0.5) is 0 Å². The molecule has 0 saturated carbocycles. The minimum absolute atomic E-state index is 0.448. The fraction of sp³-hybridized carbons (Fsp3) is 0.0400. The van der Waals surface area contributed by atoms with Crippen LogP contribution in [0.2, 0.25) is 0 Å². The average molecular weight is 803 g/mol. The van der Waals surface area contributed by atoms with Crippen molar-refractivity contribution >= 4 is 87.9 Å². The molecule has 8 bridgehead atoms. The molecule has 0 fully saturated rings. The third-order valence-corrected chi connectivity index (χ3v) is 13.0. The molecule has 0 unspecified atom stereocenters. The van der Waals surface area contributed by atoms with Gasteiger partial charge in [-0.2, -0.15) is 9.97 Å². The van der Waals surface area contributed by atoms with Crippen LogP contribution in [0.15, 0.2) is 155 Å². The van der Waals surface area contributed by atoms with E-state index in [9.17, 15) is 0 Å². The lowest BCUT2D eigenvalue weighted by molar-refractivity contribution is 0.566. The number of imidazole rings is 2. The number of hydrogen-bond acceptors (Lipinski definition) is 6. The Balaban J connectivity index is 1.05. The van der Waals surface area contributed by atoms with Crippen molar-refractivity contribution in [2.75, 3.05) is 0 Å². The number of rotatable bonds is 0. The van der Waals surface area contributed by atoms with Gasteiger partial charge in [0.25, 0.3) is 0 Å². The highest BCUT2D eigenvalue weighted by molar-refractivity contribution is 6.08. The lowest BCUT2D eigenvalue weighted by atomic mass is 10.1. The first-order valence-corrected chi connectivity index (χ1v) is 20.5. The van der Waals surface area contributed by atoms with E-state index in [4.69, 9.17) is 28.8 Å². The van der Waals surface area contributed by atoms with E-state index in [0.717, 1.165) is 111 Å². The summed E-state index contributed by atoms with van der Waals surface area (Å²) < 4.78 is 26.1. The van der Waals surface area contributed by atoms with E-state index in [-0.39, 0.29) is 0 Å². The number of benzene rings is 6. The van der Waals surface area contributed by atoms with Gasteiger partial charge in [-0.15, -0.1) is 0 Å². The van der Waals surface area contributed by atoms with Crippen molar-refractivity contribution in [3.8, 4) is 34.8 Å². The van der Waals surface area contributed by atoms with Crippen molar-refractivity contribution in [2.45, 2.75) is 13.8 Å². The molecule has 6 aromatic carbocycles. The maximum absolute atomic E-state index is 6.62. The van der Waals surface area contributed by atoms with Crippen LogP contribution >= 0.6 is 0 Å². The molecule has 12 heterocycles. The molecule has 4 aliphatic heterocycles. The van der Waals surface area contributed by atoms with Crippen molar-refractivity contribution in [1.82, 2.24) is 47.3 Å². The first-order chi connectivity index (χ1) is 30.5. The van der Waals surface area contributed by atoms with Gasteiger partial charge >= 0.3 is 12.0 Å². The molecular weight excluding hydrogens is 773 g/mol. The summed E-state index contributed by atoms with van der Waals surface area (Å²) in [6.45, 7) is 4.34. The molecule has 14 aromatic rings. The molecular formula is C50H30N10O2. The monoisotopic (exact) mass is 802 g/mol. The predicted octanol–water partition coefficient (Wildman–Crippen LogP) is 11.4. The lowest BCUT2D eigenvalue weighted by Crippen LogP contribution is -2.02. The highest BCUT2D eigenvalue weighted by Crippen LogP contribution is 2.38. The minimum Gasteiger partial charge on any atom is -0.423 e. The van der Waals surface area contributed by atoms with E-state index in [2.05, 4.69) is 129 Å². The largest absolute Gasteiger partial charge is 0.423 e. The molecule has 4 aliphatic rings. The second-order valence-corrected chi connectivity index (χ2v) is 16.3. The fourth-order valence-electron chi connectivity index (χ4n) is 10.1. The van der Waals surface area contributed by atoms with Gasteiger partial charge in [0.2, 0.25) is 0 Å². The smallest absolute Gasteiger partial charge is 0.307 e. The molecule has 8 aromatic heterocycles. The van der Waals surface area contributed by atoms with Gasteiger partial charge in [0, 0.05) is 69.1 Å². The summed E-state index contributed by atoms with van der Waals surface area (Å²) in [6.07, 6.45) is 12.1. The Kier molecular flexibility index (Phi) is 5.79. The van der Waals surface area contributed by atoms with Crippen LogP contribution in [-0.2, 0) is 0 Å². The van der Waals surface area contributed by atoms with Crippen molar-refractivity contribution in [3.05, 3.63) is 158 Å². The topological polar surface area (TPSA) is 107 Å². The molecule has 0 atom stereocenters. The van der Waals surface area contributed by atoms with Crippen molar-refractivity contribution in [3.63, 3.8) is 0 Å². The van der Waals surface area contributed by atoms with Crippen LogP contribution in [0, 0.1) is 13.8 Å². The third kappa shape index (κ3) is 4.05. The van der Waals surface area contributed by atoms with Crippen molar-refractivity contribution < 1.29 is 8.83 Å². The van der Waals surface area contributed by atoms with E-state index in [1.165, 1.54) is 0 Å². The number of aryl methyl sites for hydroxylation is 2. The van der Waals surface area contributed by atoms with Gasteiger partial charge in [-0.3, -0.25) is 18.3 Å². The van der Waals surface area contributed by atoms with E-state index in [1.54, 1.807) is 0 Å². The molecule has 292 valence electrons. The van der Waals surface area contributed by atoms with Gasteiger partial charge < -0.3 is 18.0 Å². The minimum atomic E-state index is 0.448. The van der Waals surface area contributed by atoms with Gasteiger partial charge in [0.1, 0.15) is 34.7 Å². The van der Waals surface area contributed by atoms with Gasteiger partial charge in [-0.05, 0) is 110 Å². The SMILES string of the molecule is Cc1cc2ccc1-n1ccc3ccc4ccn(c4c31)-c1ccc(cc1C)-n1cnc3ccc4oc(nc4c31)-n1ccc3ccc4ccn(c4c31)-c1nc3c(ccc4ncn-2c43)o1. The molecule has 12 nitrogen and oxygen atoms in total. The molecule has 62 heavy (non-hydrogen) atoms. The van der Waals surface area contributed by atoms with Crippen LogP contribution in [0.3, 0.4) is 0 Å². The first kappa shape index (κ1) is 32.2. The first-order valence-electron chi connectivity index (χ1n) is 20.5. The van der Waals surface area contributed by atoms with Crippen LogP contribution in [0.25, 0.3) is 123 Å². The number of oxazole rings is 2. The summed E-state index contributed by atoms with van der Waals surface area (Å²) in [4.78, 5) is 20.1. The summed E-state index contributed by atoms with van der Waals surface area (Å²) in [5, 5.41) is 4.38. The Morgan fingerprint density at radius 3 is 1.21 bits per heavy atom. The Morgan fingerprint density at radius 1 is 0.387 bits per heavy atom. The van der Waals surface area contributed by atoms with E-state index in [1.807, 2.05) is 58.4 Å². The lowest BCUT2D eigenvalue weighted by Gasteiger charge is -2.16. The molecule has 0 N–H and O–H groups in total. The highest BCUT2D eigenvalue weighted by Gasteiger charge is 2.23. The van der Waals surface area contributed by atoms with Crippen molar-refractivity contribution in [1.29, 1.82) is 0 Å². The Hall–Kier alpha value is -8.64. The molecule has 0 saturated heterocycles. The fourth-order valence-corrected chi connectivity index (χ4v) is 10.1. The normalized spacial score (nSPS) is 12.7. The molecule has 0 spiro atoms. The van der Waals surface area contributed by atoms with Gasteiger partial charge in [-0.1, -0.05) is 24.3 Å². The third-order valence-electron chi connectivity index (χ3n) is 13.0. The zero-order chi connectivity index (χ0) is 40.5. The maximum Gasteiger partial charge on any atom is 0.307 e. The van der Waals surface area contributed by atoms with Crippen LogP contribution in [0.5, 0.6) is 0 Å². The number of aromatic nitrogens is 10. The number of nitrogens with zero attached hydrogens (tertiary/aromatic N) is 10. The summed E-state index contributed by atoms with van der Waals surface area (Å²) in [5.41, 5.74) is 16.7. The highest BCUT2D eigenvalue weighted by atomic mass is 16.4. The van der Waals surface area contributed by atoms with Gasteiger partial charge in [-0.25, -0.2) is 9.97 Å². The predicted molar refractivity (Wildman–Crippen MR) is 241 cm³/mol. The molecule has 0 radical (unpaired) electrons. The zero-order valence-corrected chi connectivity index (χ0v) is 33.1. The Bertz CT molecular complexity index is 4000. The molecule has 0 aliphatic carbocycles. The van der Waals surface area contributed by atoms with Gasteiger partial charge in [0.15, 0.2) is 11.2 Å². The summed E-state index contributed by atoms with van der Waals surface area (Å²) in [7, 11) is 0. The standard InChI is InChI=1S/C50H30N10O2/c1-27-23-33-7-11-37(27)55-19-15-29-3-4-30-16-20-56(44(30)43(29)55)38-12-8-34(24-28(38)2)60-26-52-36-10-14-40-42(48(36)60)54-50(62-40)58-22-18-32-6-5-31-17-21-57(45(31)46(32)58)49-53-41-39(61-49)13-9-35-47(41)59(33)25-51-35/h3-26H,1-2H3. The van der Waals surface area contributed by atoms with Crippen LogP contribution in [0.1, 0.15) is 11.1 Å². The quantitative estimate of drug-likeness (QED) is 0.151. The summed E-state index contributed by atoms with van der Waals surface area (Å²) >= 11 is 0. The molecule has 0 amide bonds. The second-order valence-electron chi connectivity index (χ2n) is 16.3. The summed E-state index contributed by atoms with van der Waals surface area (Å²) in [5.74, 6) is 0. The van der Waals surface area contributed by atoms with Gasteiger partial charge in [0.05, 0.1) is 33.1 Å². The number of hydrogen-bond donors (Lipinski definition) is 0. The zero-order valence-electron chi connectivity index (χ0n) is 33.1. The molecule has 12 heteroatoms. The second kappa shape index (κ2) is 11.1. The van der Waals surface area contributed by atoms with Crippen LogP contribution in [-0.4, -0.2) is 47.3 Å². The summed E-state index contributed by atoms with van der Waals surface area (Å²) in [6, 6.07) is 39.2.